The Morgan fingerprint density at radius 3 is 2.68 bits per heavy atom. The predicted octanol–water partition coefficient (Wildman–Crippen LogP) is 3.24. The fourth-order valence-corrected chi connectivity index (χ4v) is 2.34. The molecule has 0 bridgehead atoms. The molecule has 0 saturated carbocycles. The molecular weight excluding hydrogens is 236 g/mol. The second-order valence-electron chi connectivity index (χ2n) is 4.57. The summed E-state index contributed by atoms with van der Waals surface area (Å²) in [4.78, 5) is 0. The first kappa shape index (κ1) is 11.7. The average molecular weight is 252 g/mol. The van der Waals surface area contributed by atoms with E-state index in [2.05, 4.69) is 29.6 Å². The van der Waals surface area contributed by atoms with E-state index in [1.54, 1.807) is 7.11 Å². The lowest BCUT2D eigenvalue weighted by Gasteiger charge is -2.03. The number of ether oxygens (including phenoxy) is 1. The van der Waals surface area contributed by atoms with E-state index in [9.17, 15) is 0 Å². The van der Waals surface area contributed by atoms with Crippen molar-refractivity contribution in [3.05, 3.63) is 53.6 Å². The van der Waals surface area contributed by atoms with Crippen molar-refractivity contribution in [2.75, 3.05) is 24.7 Å². The molecule has 1 aliphatic rings. The van der Waals surface area contributed by atoms with E-state index in [4.69, 9.17) is 10.5 Å². The van der Waals surface area contributed by atoms with Crippen LogP contribution in [0.25, 0.3) is 11.6 Å². The molecule has 0 unspecified atom stereocenters. The summed E-state index contributed by atoms with van der Waals surface area (Å²) in [6, 6.07) is 14.0. The maximum Gasteiger partial charge on any atom is 0.118 e. The molecule has 2 aromatic carbocycles. The molecule has 0 saturated heterocycles. The zero-order chi connectivity index (χ0) is 13.2. The number of fused-ring (bicyclic) bond motifs is 1. The minimum atomic E-state index is 0.802. The van der Waals surface area contributed by atoms with Crippen LogP contribution in [0.1, 0.15) is 11.1 Å². The molecule has 2 aromatic rings. The van der Waals surface area contributed by atoms with Gasteiger partial charge in [0.1, 0.15) is 5.75 Å². The van der Waals surface area contributed by atoms with Crippen LogP contribution in [-0.2, 0) is 0 Å². The number of para-hydroxylation sites is 1. The fourth-order valence-electron chi connectivity index (χ4n) is 2.34. The molecule has 96 valence electrons. The predicted molar refractivity (Wildman–Crippen MR) is 80.2 cm³/mol. The Balaban J connectivity index is 1.96. The summed E-state index contributed by atoms with van der Waals surface area (Å²) < 4.78 is 5.16. The zero-order valence-corrected chi connectivity index (χ0v) is 10.8. The molecule has 1 heterocycles. The molecule has 0 amide bonds. The van der Waals surface area contributed by atoms with Crippen LogP contribution in [0.2, 0.25) is 0 Å². The highest BCUT2D eigenvalue weighted by molar-refractivity contribution is 5.96. The van der Waals surface area contributed by atoms with E-state index in [0.29, 0.717) is 0 Å². The normalized spacial score (nSPS) is 15.1. The van der Waals surface area contributed by atoms with Crippen LogP contribution in [0.3, 0.4) is 0 Å². The molecule has 3 N–H and O–H groups in total. The fraction of sp³-hybridized carbons (Fsp3) is 0.125. The number of hydrogen-bond donors (Lipinski definition) is 2. The highest BCUT2D eigenvalue weighted by Gasteiger charge is 2.17. The summed E-state index contributed by atoms with van der Waals surface area (Å²) >= 11 is 0. The molecule has 3 nitrogen and oxygen atoms in total. The summed E-state index contributed by atoms with van der Waals surface area (Å²) in [6.07, 6.45) is 2.18. The van der Waals surface area contributed by atoms with Crippen LogP contribution in [-0.4, -0.2) is 13.7 Å². The number of nitrogen functional groups attached to an aromatic ring is 1. The monoisotopic (exact) mass is 252 g/mol. The van der Waals surface area contributed by atoms with Crippen molar-refractivity contribution >= 4 is 23.0 Å². The summed E-state index contributed by atoms with van der Waals surface area (Å²) in [5.74, 6) is 0.872. The summed E-state index contributed by atoms with van der Waals surface area (Å²) in [5, 5.41) is 3.34. The van der Waals surface area contributed by atoms with Crippen molar-refractivity contribution in [3.8, 4) is 5.75 Å². The van der Waals surface area contributed by atoms with Gasteiger partial charge in [-0.2, -0.15) is 0 Å². The molecule has 0 radical (unpaired) electrons. The lowest BCUT2D eigenvalue weighted by atomic mass is 10.0. The second kappa shape index (κ2) is 4.69. The van der Waals surface area contributed by atoms with Gasteiger partial charge in [0.25, 0.3) is 0 Å². The first-order valence-electron chi connectivity index (χ1n) is 6.25. The molecule has 0 aliphatic carbocycles. The molecule has 0 fully saturated rings. The largest absolute Gasteiger partial charge is 0.497 e. The number of methoxy groups -OCH3 is 1. The average Bonchev–Trinajstić information content (AvgIpc) is 2.84. The van der Waals surface area contributed by atoms with E-state index in [1.807, 2.05) is 24.3 Å². The van der Waals surface area contributed by atoms with Crippen LogP contribution in [0.4, 0.5) is 11.4 Å². The Morgan fingerprint density at radius 2 is 1.95 bits per heavy atom. The third-order valence-electron chi connectivity index (χ3n) is 3.35. The Bertz CT molecular complexity index is 630. The Labute approximate surface area is 112 Å². The van der Waals surface area contributed by atoms with Gasteiger partial charge in [-0.25, -0.2) is 0 Å². The van der Waals surface area contributed by atoms with Gasteiger partial charge >= 0.3 is 0 Å². The Morgan fingerprint density at radius 1 is 1.16 bits per heavy atom. The quantitative estimate of drug-likeness (QED) is 0.807. The standard InChI is InChI=1S/C16H16N2O/c1-19-13-7-5-11(6-8-13)9-12-10-18-16-14(12)3-2-4-15(16)17/h2-9,18H,10,17H2,1H3. The van der Waals surface area contributed by atoms with Crippen LogP contribution in [0.5, 0.6) is 5.75 Å². The molecular formula is C16H16N2O. The molecule has 0 spiro atoms. The second-order valence-corrected chi connectivity index (χ2v) is 4.57. The van der Waals surface area contributed by atoms with Crippen molar-refractivity contribution < 1.29 is 4.74 Å². The van der Waals surface area contributed by atoms with Gasteiger partial charge in [-0.1, -0.05) is 24.3 Å². The van der Waals surface area contributed by atoms with Crippen molar-refractivity contribution in [1.29, 1.82) is 0 Å². The van der Waals surface area contributed by atoms with E-state index >= 15 is 0 Å². The summed E-state index contributed by atoms with van der Waals surface area (Å²) in [7, 11) is 1.67. The minimum Gasteiger partial charge on any atom is -0.497 e. The van der Waals surface area contributed by atoms with Gasteiger partial charge < -0.3 is 15.8 Å². The van der Waals surface area contributed by atoms with Gasteiger partial charge in [0.15, 0.2) is 0 Å². The van der Waals surface area contributed by atoms with Crippen molar-refractivity contribution in [3.63, 3.8) is 0 Å². The molecule has 3 heteroatoms. The molecule has 0 atom stereocenters. The molecule has 1 aliphatic heterocycles. The van der Waals surface area contributed by atoms with Gasteiger partial charge in [-0.15, -0.1) is 0 Å². The highest BCUT2D eigenvalue weighted by atomic mass is 16.5. The van der Waals surface area contributed by atoms with Crippen LogP contribution < -0.4 is 15.8 Å². The maximum atomic E-state index is 5.96. The lowest BCUT2D eigenvalue weighted by Crippen LogP contribution is -1.95. The van der Waals surface area contributed by atoms with Gasteiger partial charge in [0.2, 0.25) is 0 Å². The van der Waals surface area contributed by atoms with Crippen LogP contribution in [0, 0.1) is 0 Å². The van der Waals surface area contributed by atoms with Gasteiger partial charge in [-0.3, -0.25) is 0 Å². The number of benzene rings is 2. The SMILES string of the molecule is COc1ccc(C=C2CNc3c(N)cccc32)cc1. The smallest absolute Gasteiger partial charge is 0.118 e. The van der Waals surface area contributed by atoms with E-state index in [1.165, 1.54) is 11.1 Å². The topological polar surface area (TPSA) is 47.3 Å². The van der Waals surface area contributed by atoms with Crippen molar-refractivity contribution in [1.82, 2.24) is 0 Å². The third kappa shape index (κ3) is 2.15. The summed E-state index contributed by atoms with van der Waals surface area (Å²) in [5.41, 5.74) is 11.4. The first-order valence-corrected chi connectivity index (χ1v) is 6.25. The van der Waals surface area contributed by atoms with Crippen LogP contribution in [0.15, 0.2) is 42.5 Å². The van der Waals surface area contributed by atoms with E-state index < -0.39 is 0 Å². The first-order chi connectivity index (χ1) is 9.28. The lowest BCUT2D eigenvalue weighted by molar-refractivity contribution is 0.415. The zero-order valence-electron chi connectivity index (χ0n) is 10.8. The van der Waals surface area contributed by atoms with E-state index in [0.717, 1.165) is 29.2 Å². The molecule has 0 aromatic heterocycles. The van der Waals surface area contributed by atoms with Crippen LogP contribution >= 0.6 is 0 Å². The maximum absolute atomic E-state index is 5.96. The molecule has 3 rings (SSSR count). The molecule has 19 heavy (non-hydrogen) atoms. The Hall–Kier alpha value is -2.42. The van der Waals surface area contributed by atoms with Gasteiger partial charge in [0, 0.05) is 12.1 Å². The van der Waals surface area contributed by atoms with E-state index in [-0.39, 0.29) is 0 Å². The summed E-state index contributed by atoms with van der Waals surface area (Å²) in [6.45, 7) is 0.815. The highest BCUT2D eigenvalue weighted by Crippen LogP contribution is 2.36. The van der Waals surface area contributed by atoms with Crippen molar-refractivity contribution in [2.24, 2.45) is 0 Å². The number of nitrogens with one attached hydrogen (secondary N) is 1. The van der Waals surface area contributed by atoms with Gasteiger partial charge in [-0.05, 0) is 35.4 Å². The number of anilines is 2. The van der Waals surface area contributed by atoms with Crippen molar-refractivity contribution in [2.45, 2.75) is 0 Å². The number of nitrogens with two attached hydrogens (primary N) is 1. The van der Waals surface area contributed by atoms with Gasteiger partial charge in [0.05, 0.1) is 18.5 Å². The minimum absolute atomic E-state index is 0.802. The third-order valence-corrected chi connectivity index (χ3v) is 3.35. The number of hydrogen-bond acceptors (Lipinski definition) is 3. The Kier molecular flexibility index (Phi) is 2.88. The number of rotatable bonds is 2.